The molecule has 1 aromatic rings. The molecule has 26 heavy (non-hydrogen) atoms. The third kappa shape index (κ3) is 6.04. The summed E-state index contributed by atoms with van der Waals surface area (Å²) in [5, 5.41) is 0. The first-order chi connectivity index (χ1) is 11.4. The predicted octanol–water partition coefficient (Wildman–Crippen LogP) is 4.36. The summed E-state index contributed by atoms with van der Waals surface area (Å²) in [7, 11) is 0. The van der Waals surface area contributed by atoms with E-state index in [4.69, 9.17) is 5.73 Å². The van der Waals surface area contributed by atoms with Crippen molar-refractivity contribution in [2.45, 2.75) is 53.0 Å². The minimum absolute atomic E-state index is 0. The average molecular weight is 404 g/mol. The van der Waals surface area contributed by atoms with Gasteiger partial charge in [0.2, 0.25) is 0 Å². The molecular weight excluding hydrogens is 369 g/mol. The number of unbranched alkanes of at least 4 members (excludes halogenated alkanes) is 1. The zero-order valence-electron chi connectivity index (χ0n) is 16.5. The van der Waals surface area contributed by atoms with E-state index in [0.717, 1.165) is 38.2 Å². The maximum absolute atomic E-state index is 12.8. The molecule has 0 bridgehead atoms. The Morgan fingerprint density at radius 2 is 1.85 bits per heavy atom. The Kier molecular flexibility index (Phi) is 10.6. The van der Waals surface area contributed by atoms with Crippen LogP contribution >= 0.6 is 24.8 Å². The molecule has 1 unspecified atom stereocenters. The Bertz CT molecular complexity index is 548. The molecule has 1 atom stereocenters. The van der Waals surface area contributed by atoms with Crippen LogP contribution in [0.15, 0.2) is 24.3 Å². The van der Waals surface area contributed by atoms with Gasteiger partial charge in [-0.25, -0.2) is 0 Å². The first-order valence-corrected chi connectivity index (χ1v) is 9.29. The number of carbonyl (C=O) groups is 1. The fourth-order valence-electron chi connectivity index (χ4n) is 3.36. The fraction of sp³-hybridized carbons (Fsp3) is 0.650. The number of halogens is 2. The number of likely N-dealkylation sites (tertiary alicyclic amines) is 1. The molecule has 150 valence electrons. The van der Waals surface area contributed by atoms with Gasteiger partial charge >= 0.3 is 0 Å². The largest absolute Gasteiger partial charge is 0.372 e. The second kappa shape index (κ2) is 11.0. The standard InChI is InChI=1S/C20H33N3O.2ClH/c1-5-7-13-22(6-2)17-10-8-16(9-11-17)19(24)23-14-12-18(21)20(3,4)15-23;;/h8-11,18H,5-7,12-15,21H2,1-4H3;2*1H. The number of rotatable bonds is 6. The summed E-state index contributed by atoms with van der Waals surface area (Å²) in [5.74, 6) is 0.123. The molecule has 1 fully saturated rings. The molecular formula is C20H35Cl2N3O. The molecule has 1 aromatic carbocycles. The minimum Gasteiger partial charge on any atom is -0.372 e. The van der Waals surface area contributed by atoms with Crippen LogP contribution in [0.2, 0.25) is 0 Å². The second-order valence-corrected chi connectivity index (χ2v) is 7.59. The van der Waals surface area contributed by atoms with E-state index < -0.39 is 0 Å². The topological polar surface area (TPSA) is 49.6 Å². The summed E-state index contributed by atoms with van der Waals surface area (Å²) >= 11 is 0. The van der Waals surface area contributed by atoms with Crippen LogP contribution in [0.1, 0.15) is 57.3 Å². The molecule has 1 saturated heterocycles. The lowest BCUT2D eigenvalue weighted by Gasteiger charge is -2.42. The van der Waals surface area contributed by atoms with Gasteiger partial charge < -0.3 is 15.5 Å². The molecule has 2 N–H and O–H groups in total. The monoisotopic (exact) mass is 403 g/mol. The van der Waals surface area contributed by atoms with Gasteiger partial charge in [0.05, 0.1) is 0 Å². The Morgan fingerprint density at radius 3 is 2.35 bits per heavy atom. The number of piperidine rings is 1. The molecule has 6 heteroatoms. The first-order valence-electron chi connectivity index (χ1n) is 9.29. The lowest BCUT2D eigenvalue weighted by Crippen LogP contribution is -2.53. The molecule has 1 amide bonds. The van der Waals surface area contributed by atoms with Crippen LogP contribution in [0.5, 0.6) is 0 Å². The highest BCUT2D eigenvalue weighted by atomic mass is 35.5. The van der Waals surface area contributed by atoms with E-state index in [9.17, 15) is 4.79 Å². The molecule has 0 aromatic heterocycles. The average Bonchev–Trinajstić information content (AvgIpc) is 2.58. The van der Waals surface area contributed by atoms with Crippen molar-refractivity contribution in [1.29, 1.82) is 0 Å². The van der Waals surface area contributed by atoms with E-state index in [1.807, 2.05) is 17.0 Å². The Hall–Kier alpha value is -0.970. The van der Waals surface area contributed by atoms with Gasteiger partial charge in [-0.1, -0.05) is 27.2 Å². The summed E-state index contributed by atoms with van der Waals surface area (Å²) in [6.45, 7) is 12.2. The van der Waals surface area contributed by atoms with E-state index >= 15 is 0 Å². The minimum atomic E-state index is -0.0208. The van der Waals surface area contributed by atoms with E-state index in [1.54, 1.807) is 0 Å². The predicted molar refractivity (Wildman–Crippen MR) is 116 cm³/mol. The number of carbonyl (C=O) groups excluding carboxylic acids is 1. The number of benzene rings is 1. The third-order valence-corrected chi connectivity index (χ3v) is 5.24. The molecule has 1 aliphatic rings. The van der Waals surface area contributed by atoms with Crippen LogP contribution in [0.4, 0.5) is 5.69 Å². The van der Waals surface area contributed by atoms with Crippen LogP contribution in [0.3, 0.4) is 0 Å². The van der Waals surface area contributed by atoms with Crippen LogP contribution in [0.25, 0.3) is 0 Å². The van der Waals surface area contributed by atoms with Gasteiger partial charge in [0.15, 0.2) is 0 Å². The number of anilines is 1. The van der Waals surface area contributed by atoms with Gasteiger partial charge in [0, 0.05) is 43.5 Å². The summed E-state index contributed by atoms with van der Waals surface area (Å²) in [5.41, 5.74) is 8.13. The quantitative estimate of drug-likeness (QED) is 0.767. The third-order valence-electron chi connectivity index (χ3n) is 5.24. The van der Waals surface area contributed by atoms with Gasteiger partial charge in [0.1, 0.15) is 0 Å². The van der Waals surface area contributed by atoms with E-state index in [-0.39, 0.29) is 42.2 Å². The van der Waals surface area contributed by atoms with Crippen molar-refractivity contribution >= 4 is 36.4 Å². The summed E-state index contributed by atoms with van der Waals surface area (Å²) in [4.78, 5) is 17.1. The molecule has 1 heterocycles. The Labute approximate surface area is 171 Å². The highest BCUT2D eigenvalue weighted by Gasteiger charge is 2.35. The van der Waals surface area contributed by atoms with Gasteiger partial charge in [-0.3, -0.25) is 4.79 Å². The number of nitrogens with zero attached hydrogens (tertiary/aromatic N) is 2. The van der Waals surface area contributed by atoms with Crippen LogP contribution in [-0.2, 0) is 0 Å². The highest BCUT2D eigenvalue weighted by molar-refractivity contribution is 5.94. The lowest BCUT2D eigenvalue weighted by atomic mass is 9.79. The highest BCUT2D eigenvalue weighted by Crippen LogP contribution is 2.28. The SMILES string of the molecule is CCCCN(CC)c1ccc(C(=O)N2CCC(N)C(C)(C)C2)cc1.Cl.Cl. The summed E-state index contributed by atoms with van der Waals surface area (Å²) in [6, 6.07) is 8.25. The molecule has 0 spiro atoms. The zero-order chi connectivity index (χ0) is 17.7. The fourth-order valence-corrected chi connectivity index (χ4v) is 3.36. The number of amides is 1. The van der Waals surface area contributed by atoms with Crippen molar-refractivity contribution in [1.82, 2.24) is 4.90 Å². The second-order valence-electron chi connectivity index (χ2n) is 7.59. The van der Waals surface area contributed by atoms with Gasteiger partial charge in [-0.15, -0.1) is 24.8 Å². The maximum atomic E-state index is 12.8. The Morgan fingerprint density at radius 1 is 1.23 bits per heavy atom. The number of hydrogen-bond donors (Lipinski definition) is 1. The van der Waals surface area contributed by atoms with Gasteiger partial charge in [-0.2, -0.15) is 0 Å². The van der Waals surface area contributed by atoms with Crippen molar-refractivity contribution < 1.29 is 4.79 Å². The first kappa shape index (κ1) is 25.0. The van der Waals surface area contributed by atoms with Crippen molar-refractivity contribution in [3.8, 4) is 0 Å². The maximum Gasteiger partial charge on any atom is 0.253 e. The Balaban J connectivity index is 0.00000312. The van der Waals surface area contributed by atoms with Crippen LogP contribution in [-0.4, -0.2) is 43.0 Å². The van der Waals surface area contributed by atoms with Crippen molar-refractivity contribution in [2.75, 3.05) is 31.1 Å². The van der Waals surface area contributed by atoms with Crippen LogP contribution in [0, 0.1) is 5.41 Å². The van der Waals surface area contributed by atoms with Crippen LogP contribution < -0.4 is 10.6 Å². The molecule has 2 rings (SSSR count). The van der Waals surface area contributed by atoms with Crippen molar-refractivity contribution in [3.63, 3.8) is 0 Å². The van der Waals surface area contributed by atoms with E-state index in [0.29, 0.717) is 0 Å². The van der Waals surface area contributed by atoms with E-state index in [2.05, 4.69) is 44.7 Å². The number of nitrogens with two attached hydrogens (primary N) is 1. The normalized spacial score (nSPS) is 18.5. The molecule has 4 nitrogen and oxygen atoms in total. The lowest BCUT2D eigenvalue weighted by molar-refractivity contribution is 0.0533. The van der Waals surface area contributed by atoms with Gasteiger partial charge in [-0.05, 0) is 49.4 Å². The molecule has 0 saturated carbocycles. The zero-order valence-corrected chi connectivity index (χ0v) is 18.2. The smallest absolute Gasteiger partial charge is 0.253 e. The summed E-state index contributed by atoms with van der Waals surface area (Å²) < 4.78 is 0. The number of hydrogen-bond acceptors (Lipinski definition) is 3. The molecule has 1 aliphatic heterocycles. The van der Waals surface area contributed by atoms with E-state index in [1.165, 1.54) is 18.5 Å². The van der Waals surface area contributed by atoms with Crippen molar-refractivity contribution in [3.05, 3.63) is 29.8 Å². The summed E-state index contributed by atoms with van der Waals surface area (Å²) in [6.07, 6.45) is 3.26. The molecule has 0 aliphatic carbocycles. The molecule has 0 radical (unpaired) electrons. The van der Waals surface area contributed by atoms with Crippen molar-refractivity contribution in [2.24, 2.45) is 11.1 Å². The van der Waals surface area contributed by atoms with Gasteiger partial charge in [0.25, 0.3) is 5.91 Å².